The van der Waals surface area contributed by atoms with Crippen LogP contribution in [0, 0.1) is 12.3 Å². The molecule has 0 aliphatic heterocycles. The molecule has 0 saturated carbocycles. The maximum atomic E-state index is 12.4. The Labute approximate surface area is 127 Å². The van der Waals surface area contributed by atoms with Gasteiger partial charge in [-0.1, -0.05) is 13.8 Å². The molecular weight excluding hydrogens is 290 g/mol. The number of hydrogen-bond acceptors (Lipinski definition) is 5. The summed E-state index contributed by atoms with van der Waals surface area (Å²) < 4.78 is 27.5. The fraction of sp³-hybridized carbons (Fsp3) is 0.769. The molecule has 0 unspecified atom stereocenters. The van der Waals surface area contributed by atoms with E-state index in [-0.39, 0.29) is 10.4 Å². The van der Waals surface area contributed by atoms with Gasteiger partial charge in [0, 0.05) is 30.9 Å². The summed E-state index contributed by atoms with van der Waals surface area (Å²) in [5, 5.41) is 9.72. The third-order valence-corrected chi connectivity index (χ3v) is 4.50. The molecule has 0 spiro atoms. The van der Waals surface area contributed by atoms with Crippen molar-refractivity contribution in [1.29, 1.82) is 0 Å². The van der Waals surface area contributed by atoms with Gasteiger partial charge in [0.1, 0.15) is 0 Å². The van der Waals surface area contributed by atoms with Crippen molar-refractivity contribution >= 4 is 10.0 Å². The molecule has 1 rings (SSSR count). The Morgan fingerprint density at radius 1 is 1.33 bits per heavy atom. The van der Waals surface area contributed by atoms with Crippen LogP contribution in [0.25, 0.3) is 0 Å². The lowest BCUT2D eigenvalue weighted by molar-refractivity contribution is 0.242. The highest BCUT2D eigenvalue weighted by Crippen LogP contribution is 2.19. The normalized spacial score (nSPS) is 13.1. The monoisotopic (exact) mass is 317 g/mol. The van der Waals surface area contributed by atoms with Gasteiger partial charge < -0.3 is 10.2 Å². The Bertz CT molecular complexity index is 563. The first kappa shape index (κ1) is 18.1. The summed E-state index contributed by atoms with van der Waals surface area (Å²) in [6.45, 7) is 7.48. The second kappa shape index (κ2) is 6.87. The van der Waals surface area contributed by atoms with Crippen LogP contribution in [0.2, 0.25) is 0 Å². The molecule has 3 N–H and O–H groups in total. The van der Waals surface area contributed by atoms with Crippen LogP contribution >= 0.6 is 0 Å². The summed E-state index contributed by atoms with van der Waals surface area (Å²) >= 11 is 0. The molecule has 0 fully saturated rings. The molecule has 0 aliphatic rings. The third kappa shape index (κ3) is 5.06. The molecule has 0 amide bonds. The molecule has 0 aliphatic carbocycles. The van der Waals surface area contributed by atoms with Crippen molar-refractivity contribution < 1.29 is 8.42 Å². The fourth-order valence-electron chi connectivity index (χ4n) is 2.31. The molecule has 7 nitrogen and oxygen atoms in total. The lowest BCUT2D eigenvalue weighted by Gasteiger charge is -2.28. The van der Waals surface area contributed by atoms with Crippen LogP contribution in [0.3, 0.4) is 0 Å². The number of rotatable bonds is 8. The smallest absolute Gasteiger partial charge is 0.260 e. The van der Waals surface area contributed by atoms with Gasteiger partial charge in [0.2, 0.25) is 0 Å². The first-order valence-electron chi connectivity index (χ1n) is 6.92. The van der Waals surface area contributed by atoms with E-state index in [4.69, 9.17) is 0 Å². The van der Waals surface area contributed by atoms with Gasteiger partial charge in [-0.05, 0) is 33.5 Å². The van der Waals surface area contributed by atoms with Crippen molar-refractivity contribution in [3.63, 3.8) is 0 Å². The summed E-state index contributed by atoms with van der Waals surface area (Å²) in [7, 11) is 2.10. The Morgan fingerprint density at radius 3 is 2.48 bits per heavy atom. The molecule has 1 aromatic heterocycles. The molecular formula is C13H27N5O2S. The molecule has 21 heavy (non-hydrogen) atoms. The molecule has 8 heteroatoms. The zero-order valence-electron chi connectivity index (χ0n) is 13.7. The minimum absolute atomic E-state index is 0.0787. The van der Waals surface area contributed by atoms with Gasteiger partial charge in [0.05, 0.1) is 0 Å². The number of nitrogens with zero attached hydrogens (tertiary/aromatic N) is 2. The maximum absolute atomic E-state index is 12.4. The number of hydrogen-bond donors (Lipinski definition) is 3. The summed E-state index contributed by atoms with van der Waals surface area (Å²) in [6.07, 6.45) is 0. The van der Waals surface area contributed by atoms with Crippen LogP contribution in [0.4, 0.5) is 0 Å². The maximum Gasteiger partial charge on any atom is 0.260 e. The number of H-pyrrole nitrogens is 1. The first-order valence-corrected chi connectivity index (χ1v) is 8.40. The zero-order chi connectivity index (χ0) is 16.3. The van der Waals surface area contributed by atoms with Crippen molar-refractivity contribution in [3.8, 4) is 0 Å². The van der Waals surface area contributed by atoms with Gasteiger partial charge in [0.15, 0.2) is 5.03 Å². The minimum atomic E-state index is -3.61. The Morgan fingerprint density at radius 2 is 1.95 bits per heavy atom. The predicted octanol–water partition coefficient (Wildman–Crippen LogP) is 0.304. The average molecular weight is 317 g/mol. The largest absolute Gasteiger partial charge is 0.316 e. The van der Waals surface area contributed by atoms with E-state index in [2.05, 4.69) is 20.2 Å². The number of nitrogens with one attached hydrogen (secondary N) is 3. The summed E-state index contributed by atoms with van der Waals surface area (Å²) in [5.41, 5.74) is 1.28. The van der Waals surface area contributed by atoms with Crippen molar-refractivity contribution in [1.82, 2.24) is 25.1 Å². The van der Waals surface area contributed by atoms with E-state index in [1.54, 1.807) is 7.05 Å². The quantitative estimate of drug-likeness (QED) is 0.642. The predicted molar refractivity (Wildman–Crippen MR) is 83.6 cm³/mol. The molecule has 0 radical (unpaired) electrons. The lowest BCUT2D eigenvalue weighted by Crippen LogP contribution is -2.40. The number of aromatic nitrogens is 2. The molecule has 0 atom stereocenters. The summed E-state index contributed by atoms with van der Waals surface area (Å²) in [6, 6.07) is 0. The van der Waals surface area contributed by atoms with Crippen LogP contribution in [-0.4, -0.2) is 57.7 Å². The third-order valence-electron chi connectivity index (χ3n) is 3.13. The van der Waals surface area contributed by atoms with Crippen LogP contribution in [0.15, 0.2) is 5.03 Å². The zero-order valence-corrected chi connectivity index (χ0v) is 14.6. The van der Waals surface area contributed by atoms with Crippen LogP contribution in [0.5, 0.6) is 0 Å². The van der Waals surface area contributed by atoms with Crippen LogP contribution in [-0.2, 0) is 16.6 Å². The highest BCUT2D eigenvalue weighted by molar-refractivity contribution is 7.89. The Hall–Kier alpha value is -0.960. The van der Waals surface area contributed by atoms with E-state index in [0.29, 0.717) is 18.7 Å². The van der Waals surface area contributed by atoms with Crippen molar-refractivity contribution in [2.75, 3.05) is 34.2 Å². The average Bonchev–Trinajstić information content (AvgIpc) is 2.69. The number of aryl methyl sites for hydroxylation is 1. The standard InChI is InChI=1S/C13H27N5O2S/c1-10-11(7-14-4)12(17-16-10)21(19,20)15-8-13(2,3)9-18(5)6/h14-15H,7-9H2,1-6H3,(H,16,17). The van der Waals surface area contributed by atoms with E-state index in [0.717, 1.165) is 12.2 Å². The van der Waals surface area contributed by atoms with E-state index in [9.17, 15) is 8.42 Å². The fourth-order valence-corrected chi connectivity index (χ4v) is 3.74. The van der Waals surface area contributed by atoms with E-state index in [1.807, 2.05) is 39.8 Å². The van der Waals surface area contributed by atoms with Crippen LogP contribution < -0.4 is 10.0 Å². The van der Waals surface area contributed by atoms with E-state index >= 15 is 0 Å². The van der Waals surface area contributed by atoms with Crippen molar-refractivity contribution in [3.05, 3.63) is 11.3 Å². The van der Waals surface area contributed by atoms with Gasteiger partial charge in [-0.2, -0.15) is 5.10 Å². The van der Waals surface area contributed by atoms with Crippen molar-refractivity contribution in [2.45, 2.75) is 32.3 Å². The minimum Gasteiger partial charge on any atom is -0.316 e. The van der Waals surface area contributed by atoms with Gasteiger partial charge in [-0.3, -0.25) is 5.10 Å². The van der Waals surface area contributed by atoms with E-state index < -0.39 is 10.0 Å². The Balaban J connectivity index is 2.88. The SMILES string of the molecule is CNCc1c(S(=O)(=O)NCC(C)(C)CN(C)C)n[nH]c1C. The summed E-state index contributed by atoms with van der Waals surface area (Å²) in [4.78, 5) is 2.04. The molecule has 0 saturated heterocycles. The summed E-state index contributed by atoms with van der Waals surface area (Å²) in [5.74, 6) is 0. The number of aromatic amines is 1. The van der Waals surface area contributed by atoms with Gasteiger partial charge >= 0.3 is 0 Å². The molecule has 0 bridgehead atoms. The second-order valence-electron chi connectivity index (χ2n) is 6.39. The van der Waals surface area contributed by atoms with Gasteiger partial charge in [-0.15, -0.1) is 0 Å². The number of sulfonamides is 1. The van der Waals surface area contributed by atoms with E-state index in [1.165, 1.54) is 0 Å². The van der Waals surface area contributed by atoms with Gasteiger partial charge in [0.25, 0.3) is 10.0 Å². The van der Waals surface area contributed by atoms with Crippen molar-refractivity contribution in [2.24, 2.45) is 5.41 Å². The van der Waals surface area contributed by atoms with Crippen LogP contribution in [0.1, 0.15) is 25.1 Å². The molecule has 0 aromatic carbocycles. The topological polar surface area (TPSA) is 90.1 Å². The van der Waals surface area contributed by atoms with Gasteiger partial charge in [-0.25, -0.2) is 13.1 Å². The highest BCUT2D eigenvalue weighted by Gasteiger charge is 2.27. The molecule has 1 aromatic rings. The second-order valence-corrected chi connectivity index (χ2v) is 8.07. The Kier molecular flexibility index (Phi) is 5.92. The molecule has 122 valence electrons. The highest BCUT2D eigenvalue weighted by atomic mass is 32.2. The first-order chi connectivity index (χ1) is 9.59. The lowest BCUT2D eigenvalue weighted by atomic mass is 9.93. The molecule has 1 heterocycles.